The number of fused-ring (bicyclic) bond motifs is 1. The van der Waals surface area contributed by atoms with E-state index in [1.54, 1.807) is 40.1 Å². The number of amides is 2. The van der Waals surface area contributed by atoms with Crippen molar-refractivity contribution in [3.8, 4) is 11.5 Å². The lowest BCUT2D eigenvalue weighted by molar-refractivity contribution is -0.146. The largest absolute Gasteiger partial charge is 0.508 e. The lowest BCUT2D eigenvalue weighted by Gasteiger charge is -2.36. The zero-order chi connectivity index (χ0) is 26.8. The van der Waals surface area contributed by atoms with Crippen LogP contribution < -0.4 is 4.74 Å². The number of ether oxygens (including phenoxy) is 2. The van der Waals surface area contributed by atoms with E-state index in [2.05, 4.69) is 0 Å². The molecule has 2 heterocycles. The Morgan fingerprint density at radius 2 is 1.68 bits per heavy atom. The van der Waals surface area contributed by atoms with Crippen LogP contribution in [-0.4, -0.2) is 83.0 Å². The fourth-order valence-corrected chi connectivity index (χ4v) is 5.02. The number of allylic oxidation sites excluding steroid dienone is 4. The molecule has 5 rings (SSSR count). The van der Waals surface area contributed by atoms with E-state index in [4.69, 9.17) is 14.6 Å². The molecule has 1 unspecified atom stereocenters. The summed E-state index contributed by atoms with van der Waals surface area (Å²) >= 11 is 0. The van der Waals surface area contributed by atoms with Crippen molar-refractivity contribution in [3.05, 3.63) is 82.6 Å². The smallest absolute Gasteiger partial charge is 0.329 e. The minimum atomic E-state index is -1.14. The summed E-state index contributed by atoms with van der Waals surface area (Å²) in [5.74, 6) is -1.14. The molecule has 2 N–H and O–H groups in total. The van der Waals surface area contributed by atoms with Crippen molar-refractivity contribution in [2.24, 2.45) is 0 Å². The Morgan fingerprint density at radius 3 is 2.45 bits per heavy atom. The standard InChI is InChI=1S/C28H26N2O8/c31-17-5-7-21-23(13-17)38-24-14-18(32)6-8-22(24)27(21)19-3-1-2-4-20(19)28(36)30-11-9-29(10-12-30)25(33)15-37-16-26(34)35/h1-8,13,27,31H,9-12,14-16H2,(H,34,35). The van der Waals surface area contributed by atoms with Crippen LogP contribution in [0.5, 0.6) is 11.5 Å². The topological polar surface area (TPSA) is 134 Å². The third-order valence-corrected chi connectivity index (χ3v) is 6.83. The maximum atomic E-state index is 13.7. The van der Waals surface area contributed by atoms with Gasteiger partial charge in [0.1, 0.15) is 30.5 Å². The van der Waals surface area contributed by atoms with Crippen LogP contribution in [0.3, 0.4) is 0 Å². The predicted octanol–water partition coefficient (Wildman–Crippen LogP) is 2.09. The van der Waals surface area contributed by atoms with E-state index in [-0.39, 0.29) is 42.3 Å². The molecular formula is C28H26N2O8. The first-order valence-corrected chi connectivity index (χ1v) is 12.2. The number of hydrogen-bond acceptors (Lipinski definition) is 7. The lowest BCUT2D eigenvalue weighted by atomic mass is 9.78. The summed E-state index contributed by atoms with van der Waals surface area (Å²) in [5, 5.41) is 18.7. The number of piperazine rings is 1. The minimum Gasteiger partial charge on any atom is -0.508 e. The van der Waals surface area contributed by atoms with Crippen LogP contribution in [0, 0.1) is 0 Å². The Hall–Kier alpha value is -4.44. The molecule has 10 heteroatoms. The van der Waals surface area contributed by atoms with Gasteiger partial charge in [0.15, 0.2) is 5.78 Å². The van der Waals surface area contributed by atoms with Crippen molar-refractivity contribution in [3.63, 3.8) is 0 Å². The Balaban J connectivity index is 1.39. The third-order valence-electron chi connectivity index (χ3n) is 6.83. The number of carboxylic acid groups (broad SMARTS) is 1. The van der Waals surface area contributed by atoms with Crippen molar-refractivity contribution in [1.82, 2.24) is 9.80 Å². The highest BCUT2D eigenvalue weighted by atomic mass is 16.5. The number of phenols is 1. The highest BCUT2D eigenvalue weighted by Gasteiger charge is 2.35. The van der Waals surface area contributed by atoms with Gasteiger partial charge in [-0.2, -0.15) is 0 Å². The molecule has 0 saturated carbocycles. The molecule has 2 amide bonds. The zero-order valence-electron chi connectivity index (χ0n) is 20.5. The predicted molar refractivity (Wildman–Crippen MR) is 134 cm³/mol. The summed E-state index contributed by atoms with van der Waals surface area (Å²) in [7, 11) is 0. The van der Waals surface area contributed by atoms with Crippen molar-refractivity contribution in [2.45, 2.75) is 12.3 Å². The molecule has 38 heavy (non-hydrogen) atoms. The molecule has 196 valence electrons. The first kappa shape index (κ1) is 25.2. The van der Waals surface area contributed by atoms with Crippen molar-refractivity contribution in [2.75, 3.05) is 39.4 Å². The molecule has 0 radical (unpaired) electrons. The fourth-order valence-electron chi connectivity index (χ4n) is 5.02. The molecule has 0 aromatic heterocycles. The Morgan fingerprint density at radius 1 is 0.947 bits per heavy atom. The normalized spacial score (nSPS) is 18.5. The Kier molecular flexibility index (Phi) is 6.97. The van der Waals surface area contributed by atoms with Gasteiger partial charge in [-0.25, -0.2) is 4.79 Å². The number of nitrogens with zero attached hydrogens (tertiary/aromatic N) is 2. The number of benzene rings is 2. The van der Waals surface area contributed by atoms with Gasteiger partial charge in [0.2, 0.25) is 5.91 Å². The number of carbonyl (C=O) groups is 4. The number of aliphatic carboxylic acids is 1. The molecule has 2 aromatic carbocycles. The number of rotatable bonds is 6. The second-order valence-electron chi connectivity index (χ2n) is 9.26. The van der Waals surface area contributed by atoms with E-state index < -0.39 is 12.6 Å². The van der Waals surface area contributed by atoms with Crippen LogP contribution in [0.2, 0.25) is 0 Å². The van der Waals surface area contributed by atoms with Gasteiger partial charge in [-0.1, -0.05) is 30.3 Å². The van der Waals surface area contributed by atoms with E-state index in [0.717, 1.165) is 16.7 Å². The molecule has 10 nitrogen and oxygen atoms in total. The highest BCUT2D eigenvalue weighted by Crippen LogP contribution is 2.47. The summed E-state index contributed by atoms with van der Waals surface area (Å²) in [6.45, 7) is 0.384. The minimum absolute atomic E-state index is 0.0365. The first-order valence-electron chi connectivity index (χ1n) is 12.2. The van der Waals surface area contributed by atoms with Crippen molar-refractivity contribution < 1.29 is 38.9 Å². The monoisotopic (exact) mass is 518 g/mol. The number of hydrogen-bond donors (Lipinski definition) is 2. The molecule has 1 atom stereocenters. The highest BCUT2D eigenvalue weighted by molar-refractivity contribution is 5.97. The molecular weight excluding hydrogens is 492 g/mol. The van der Waals surface area contributed by atoms with Crippen LogP contribution in [0.25, 0.3) is 0 Å². The third kappa shape index (κ3) is 5.03. The van der Waals surface area contributed by atoms with Gasteiger partial charge >= 0.3 is 5.97 Å². The second-order valence-corrected chi connectivity index (χ2v) is 9.26. The van der Waals surface area contributed by atoms with Gasteiger partial charge in [0.25, 0.3) is 5.91 Å². The first-order chi connectivity index (χ1) is 18.3. The van der Waals surface area contributed by atoms with E-state index >= 15 is 0 Å². The molecule has 1 aliphatic carbocycles. The average molecular weight is 519 g/mol. The molecule has 3 aliphatic rings. The quantitative estimate of drug-likeness (QED) is 0.594. The number of carbonyl (C=O) groups excluding carboxylic acids is 3. The SMILES string of the molecule is O=C(O)COCC(=O)N1CCN(C(=O)c2ccccc2C2C3=C(CC(=O)C=C3)Oc3cc(O)ccc32)CC1. The van der Waals surface area contributed by atoms with Gasteiger partial charge in [0, 0.05) is 54.9 Å². The number of ketones is 1. The van der Waals surface area contributed by atoms with E-state index in [1.165, 1.54) is 12.1 Å². The number of phenolic OH excluding ortho intramolecular Hbond substituents is 1. The summed E-state index contributed by atoms with van der Waals surface area (Å²) in [6, 6.07) is 12.1. The van der Waals surface area contributed by atoms with Crippen LogP contribution in [0.4, 0.5) is 0 Å². The number of carboxylic acids is 1. The molecule has 2 aliphatic heterocycles. The summed E-state index contributed by atoms with van der Waals surface area (Å²) in [4.78, 5) is 52.0. The van der Waals surface area contributed by atoms with Gasteiger partial charge in [-0.05, 0) is 23.8 Å². The van der Waals surface area contributed by atoms with Gasteiger partial charge in [-0.3, -0.25) is 14.4 Å². The van der Waals surface area contributed by atoms with E-state index in [0.29, 0.717) is 43.3 Å². The van der Waals surface area contributed by atoms with Gasteiger partial charge < -0.3 is 29.5 Å². The maximum absolute atomic E-state index is 13.7. The number of aromatic hydroxyl groups is 1. The van der Waals surface area contributed by atoms with Crippen LogP contribution in [0.15, 0.2) is 65.9 Å². The van der Waals surface area contributed by atoms with Crippen LogP contribution >= 0.6 is 0 Å². The summed E-state index contributed by atoms with van der Waals surface area (Å²) in [6.07, 6.45) is 3.35. The second kappa shape index (κ2) is 10.5. The van der Waals surface area contributed by atoms with Gasteiger partial charge in [0.05, 0.1) is 6.42 Å². The van der Waals surface area contributed by atoms with E-state index in [1.807, 2.05) is 12.1 Å². The molecule has 1 saturated heterocycles. The maximum Gasteiger partial charge on any atom is 0.329 e. The van der Waals surface area contributed by atoms with Gasteiger partial charge in [-0.15, -0.1) is 0 Å². The van der Waals surface area contributed by atoms with Crippen LogP contribution in [0.1, 0.15) is 33.8 Å². The zero-order valence-corrected chi connectivity index (χ0v) is 20.5. The Bertz CT molecular complexity index is 1370. The average Bonchev–Trinajstić information content (AvgIpc) is 2.91. The molecule has 0 spiro atoms. The molecule has 2 aromatic rings. The summed E-state index contributed by atoms with van der Waals surface area (Å²) < 4.78 is 10.9. The van der Waals surface area contributed by atoms with Crippen molar-refractivity contribution in [1.29, 1.82) is 0 Å². The van der Waals surface area contributed by atoms with Crippen LogP contribution in [-0.2, 0) is 19.1 Å². The van der Waals surface area contributed by atoms with E-state index in [9.17, 15) is 24.3 Å². The lowest BCUT2D eigenvalue weighted by Crippen LogP contribution is -2.51. The molecule has 0 bridgehead atoms. The molecule has 1 fully saturated rings. The summed E-state index contributed by atoms with van der Waals surface area (Å²) in [5.41, 5.74) is 2.82. The van der Waals surface area contributed by atoms with Crippen molar-refractivity contribution >= 4 is 23.6 Å². The fraction of sp³-hybridized carbons (Fsp3) is 0.286. The Labute approximate surface area is 218 Å².